The lowest BCUT2D eigenvalue weighted by Gasteiger charge is -2.20. The molecule has 0 bridgehead atoms. The van der Waals surface area contributed by atoms with Gasteiger partial charge in [0.25, 0.3) is 0 Å². The topological polar surface area (TPSA) is 110 Å². The molecule has 0 fully saturated rings. The van der Waals surface area contributed by atoms with Crippen molar-refractivity contribution >= 4 is 21.9 Å². The van der Waals surface area contributed by atoms with Gasteiger partial charge in [0, 0.05) is 0 Å². The van der Waals surface area contributed by atoms with Crippen molar-refractivity contribution in [3.8, 4) is 17.2 Å². The summed E-state index contributed by atoms with van der Waals surface area (Å²) in [4.78, 5) is 26.3. The molecule has 37 heavy (non-hydrogen) atoms. The van der Waals surface area contributed by atoms with E-state index in [9.17, 15) is 28.6 Å². The Labute approximate surface area is 207 Å². The van der Waals surface area contributed by atoms with E-state index in [4.69, 9.17) is 13.6 Å². The summed E-state index contributed by atoms with van der Waals surface area (Å²) in [7, 11) is 0. The number of fused-ring (bicyclic) bond motifs is 2. The van der Waals surface area contributed by atoms with Gasteiger partial charge in [-0.25, -0.2) is 18.4 Å². The molecule has 0 unspecified atom stereocenters. The summed E-state index contributed by atoms with van der Waals surface area (Å²) in [6.07, 6.45) is -0.125. The summed E-state index contributed by atoms with van der Waals surface area (Å²) in [5, 5.41) is 22.0. The van der Waals surface area contributed by atoms with Gasteiger partial charge in [-0.2, -0.15) is 0 Å². The van der Waals surface area contributed by atoms with Crippen molar-refractivity contribution < 1.29 is 32.6 Å². The van der Waals surface area contributed by atoms with Gasteiger partial charge in [-0.05, 0) is 67.9 Å². The average Bonchev–Trinajstić information content (AvgIpc) is 2.84. The maximum Gasteiger partial charge on any atom is 0.344 e. The van der Waals surface area contributed by atoms with Gasteiger partial charge in [-0.3, -0.25) is 0 Å². The predicted octanol–water partition coefficient (Wildman–Crippen LogP) is 5.56. The molecule has 0 spiro atoms. The highest BCUT2D eigenvalue weighted by molar-refractivity contribution is 5.87. The molecule has 9 heteroatoms. The third kappa shape index (κ3) is 4.29. The summed E-state index contributed by atoms with van der Waals surface area (Å²) >= 11 is 0. The van der Waals surface area contributed by atoms with Crippen LogP contribution in [0.3, 0.4) is 0 Å². The lowest BCUT2D eigenvalue weighted by atomic mass is 9.84. The van der Waals surface area contributed by atoms with Crippen LogP contribution in [0.25, 0.3) is 21.9 Å². The third-order valence-electron chi connectivity index (χ3n) is 5.91. The van der Waals surface area contributed by atoms with E-state index >= 15 is 0 Å². The van der Waals surface area contributed by atoms with Crippen molar-refractivity contribution in [3.05, 3.63) is 110 Å². The third-order valence-corrected chi connectivity index (χ3v) is 5.91. The first-order chi connectivity index (χ1) is 17.6. The molecule has 0 atom stereocenters. The molecular formula is C28H20F2O7. The zero-order valence-corrected chi connectivity index (χ0v) is 19.6. The lowest BCUT2D eigenvalue weighted by molar-refractivity contribution is 0.242. The van der Waals surface area contributed by atoms with Crippen LogP contribution in [0.1, 0.15) is 36.5 Å². The molecule has 2 heterocycles. The standard InChI is InChI=1S/C28H20F2O7/c1-13(2)35-17-7-3-14(4-8-17)22(23-25(31)18-11-15(29)5-9-20(18)36-27(23)33)24-26(32)19-12-16(30)6-10-21(19)37-28(24)34/h3-13,22,31-32H,1-2H3. The van der Waals surface area contributed by atoms with Crippen molar-refractivity contribution in [1.82, 2.24) is 0 Å². The first-order valence-electron chi connectivity index (χ1n) is 11.3. The first kappa shape index (κ1) is 24.1. The highest BCUT2D eigenvalue weighted by Gasteiger charge is 2.32. The predicted molar refractivity (Wildman–Crippen MR) is 131 cm³/mol. The second-order valence-electron chi connectivity index (χ2n) is 8.75. The molecule has 0 saturated carbocycles. The minimum atomic E-state index is -1.43. The van der Waals surface area contributed by atoms with Crippen LogP contribution in [0.5, 0.6) is 17.2 Å². The van der Waals surface area contributed by atoms with Crippen molar-refractivity contribution in [2.75, 3.05) is 0 Å². The van der Waals surface area contributed by atoms with Gasteiger partial charge in [-0.15, -0.1) is 0 Å². The highest BCUT2D eigenvalue weighted by Crippen LogP contribution is 2.42. The van der Waals surface area contributed by atoms with E-state index in [1.54, 1.807) is 12.1 Å². The van der Waals surface area contributed by atoms with Gasteiger partial charge >= 0.3 is 11.3 Å². The number of ether oxygens (including phenoxy) is 1. The molecule has 0 saturated heterocycles. The van der Waals surface area contributed by atoms with E-state index in [0.29, 0.717) is 5.75 Å². The molecule has 0 aliphatic rings. The molecule has 7 nitrogen and oxygen atoms in total. The number of benzene rings is 3. The summed E-state index contributed by atoms with van der Waals surface area (Å²) in [5.74, 6) is -3.62. The molecule has 188 valence electrons. The van der Waals surface area contributed by atoms with Gasteiger partial charge in [0.15, 0.2) is 0 Å². The second-order valence-corrected chi connectivity index (χ2v) is 8.75. The van der Waals surface area contributed by atoms with Crippen molar-refractivity contribution in [2.24, 2.45) is 0 Å². The molecule has 3 aromatic carbocycles. The fourth-order valence-electron chi connectivity index (χ4n) is 4.34. The van der Waals surface area contributed by atoms with Crippen molar-refractivity contribution in [3.63, 3.8) is 0 Å². The van der Waals surface area contributed by atoms with Crippen LogP contribution >= 0.6 is 0 Å². The molecule has 2 N–H and O–H groups in total. The highest BCUT2D eigenvalue weighted by atomic mass is 19.1. The average molecular weight is 506 g/mol. The largest absolute Gasteiger partial charge is 0.507 e. The van der Waals surface area contributed by atoms with Crippen molar-refractivity contribution in [2.45, 2.75) is 25.9 Å². The first-order valence-corrected chi connectivity index (χ1v) is 11.3. The monoisotopic (exact) mass is 506 g/mol. The molecule has 0 aliphatic carbocycles. The smallest absolute Gasteiger partial charge is 0.344 e. The Kier molecular flexibility index (Phi) is 5.91. The van der Waals surface area contributed by atoms with E-state index in [-0.39, 0.29) is 33.6 Å². The number of hydrogen-bond acceptors (Lipinski definition) is 7. The zero-order chi connectivity index (χ0) is 26.4. The number of hydrogen-bond donors (Lipinski definition) is 2. The van der Waals surface area contributed by atoms with E-state index in [0.717, 1.165) is 24.3 Å². The Balaban J connectivity index is 1.85. The quantitative estimate of drug-likeness (QED) is 0.301. The fraction of sp³-hybridized carbons (Fsp3) is 0.143. The Morgan fingerprint density at radius 2 is 1.19 bits per heavy atom. The van der Waals surface area contributed by atoms with Gasteiger partial charge in [0.2, 0.25) is 0 Å². The van der Waals surface area contributed by atoms with Crippen LogP contribution in [0.4, 0.5) is 8.78 Å². The summed E-state index contributed by atoms with van der Waals surface area (Å²) in [6.45, 7) is 3.68. The second kappa shape index (κ2) is 9.09. The Hall–Kier alpha value is -4.66. The molecule has 0 aliphatic heterocycles. The van der Waals surface area contributed by atoms with E-state index < -0.39 is 51.4 Å². The minimum Gasteiger partial charge on any atom is -0.507 e. The summed E-state index contributed by atoms with van der Waals surface area (Å²) in [6, 6.07) is 12.7. The Morgan fingerprint density at radius 1 is 0.730 bits per heavy atom. The van der Waals surface area contributed by atoms with Crippen LogP contribution in [0, 0.1) is 11.6 Å². The maximum atomic E-state index is 14.0. The van der Waals surface area contributed by atoms with Crippen LogP contribution in [0.2, 0.25) is 0 Å². The number of aromatic hydroxyl groups is 2. The number of rotatable bonds is 5. The van der Waals surface area contributed by atoms with E-state index in [2.05, 4.69) is 0 Å². The maximum absolute atomic E-state index is 14.0. The fourth-order valence-corrected chi connectivity index (χ4v) is 4.34. The van der Waals surface area contributed by atoms with Gasteiger partial charge in [0.1, 0.15) is 40.0 Å². The van der Waals surface area contributed by atoms with Gasteiger partial charge in [-0.1, -0.05) is 12.1 Å². The molecule has 5 rings (SSSR count). The Bertz CT molecular complexity index is 1660. The normalized spacial score (nSPS) is 11.6. The van der Waals surface area contributed by atoms with Crippen LogP contribution in [0.15, 0.2) is 79.1 Å². The molecule has 0 radical (unpaired) electrons. The summed E-state index contributed by atoms with van der Waals surface area (Å²) in [5.41, 5.74) is -2.81. The van der Waals surface area contributed by atoms with E-state index in [1.807, 2.05) is 13.8 Å². The zero-order valence-electron chi connectivity index (χ0n) is 19.6. The molecule has 2 aromatic heterocycles. The van der Waals surface area contributed by atoms with E-state index in [1.165, 1.54) is 24.3 Å². The Morgan fingerprint density at radius 3 is 1.62 bits per heavy atom. The SMILES string of the molecule is CC(C)Oc1ccc(C(c2c(O)c3cc(F)ccc3oc2=O)c2c(O)c3cc(F)ccc3oc2=O)cc1. The minimum absolute atomic E-state index is 0.0797. The lowest BCUT2D eigenvalue weighted by Crippen LogP contribution is -2.21. The van der Waals surface area contributed by atoms with Crippen molar-refractivity contribution in [1.29, 1.82) is 0 Å². The van der Waals surface area contributed by atoms with Gasteiger partial charge in [0.05, 0.1) is 33.9 Å². The molecular weight excluding hydrogens is 486 g/mol. The van der Waals surface area contributed by atoms with Crippen LogP contribution < -0.4 is 16.0 Å². The van der Waals surface area contributed by atoms with Crippen LogP contribution in [-0.4, -0.2) is 16.3 Å². The molecule has 5 aromatic rings. The van der Waals surface area contributed by atoms with Gasteiger partial charge < -0.3 is 23.8 Å². The number of halogens is 2. The summed E-state index contributed by atoms with van der Waals surface area (Å²) < 4.78 is 44.3. The van der Waals surface area contributed by atoms with Crippen LogP contribution in [-0.2, 0) is 0 Å². The molecule has 0 amide bonds.